The Morgan fingerprint density at radius 2 is 1.61 bits per heavy atom. The Bertz CT molecular complexity index is 1060. The van der Waals surface area contributed by atoms with Crippen molar-refractivity contribution in [2.75, 3.05) is 0 Å². The van der Waals surface area contributed by atoms with Gasteiger partial charge in [-0.3, -0.25) is 9.59 Å². The smallest absolute Gasteiger partial charge is 0.274 e. The maximum Gasteiger partial charge on any atom is 0.274 e. The van der Waals surface area contributed by atoms with Crippen molar-refractivity contribution in [1.29, 1.82) is 0 Å². The van der Waals surface area contributed by atoms with E-state index in [1.165, 1.54) is 16.8 Å². The van der Waals surface area contributed by atoms with E-state index in [-0.39, 0.29) is 41.0 Å². The Balaban J connectivity index is 2.06. The quantitative estimate of drug-likeness (QED) is 0.719. The van der Waals surface area contributed by atoms with Crippen LogP contribution in [0.15, 0.2) is 53.3 Å². The Morgan fingerprint density at radius 1 is 1.00 bits per heavy atom. The van der Waals surface area contributed by atoms with Crippen molar-refractivity contribution in [3.8, 4) is 0 Å². The number of fused-ring (bicyclic) bond motifs is 1. The first-order chi connectivity index (χ1) is 13.3. The molecule has 3 aromatic rings. The number of nitrogens with zero attached hydrogens (tertiary/aromatic N) is 2. The summed E-state index contributed by atoms with van der Waals surface area (Å²) in [5, 5.41) is 8.33. The molecule has 1 N–H and O–H groups in total. The van der Waals surface area contributed by atoms with E-state index in [1.54, 1.807) is 36.4 Å². The Hall–Kier alpha value is -3.02. The molecule has 0 spiro atoms. The summed E-state index contributed by atoms with van der Waals surface area (Å²) in [6, 6.07) is 12.6. The molecular formula is C22H24FN3O2. The molecule has 0 saturated carbocycles. The van der Waals surface area contributed by atoms with Gasteiger partial charge in [-0.05, 0) is 43.5 Å². The van der Waals surface area contributed by atoms with Crippen molar-refractivity contribution < 1.29 is 9.18 Å². The molecule has 1 aromatic heterocycles. The predicted molar refractivity (Wildman–Crippen MR) is 108 cm³/mol. The lowest BCUT2D eigenvalue weighted by Gasteiger charge is -2.23. The van der Waals surface area contributed by atoms with Crippen molar-refractivity contribution in [2.24, 2.45) is 5.92 Å². The molecule has 0 radical (unpaired) electrons. The molecule has 1 atom stereocenters. The van der Waals surface area contributed by atoms with Crippen molar-refractivity contribution in [3.63, 3.8) is 0 Å². The number of hydrogen-bond acceptors (Lipinski definition) is 3. The number of hydrogen-bond donors (Lipinski definition) is 1. The summed E-state index contributed by atoms with van der Waals surface area (Å²) < 4.78 is 14.6. The lowest BCUT2D eigenvalue weighted by atomic mass is 9.95. The van der Waals surface area contributed by atoms with Gasteiger partial charge in [-0.25, -0.2) is 9.07 Å². The Labute approximate surface area is 163 Å². The summed E-state index contributed by atoms with van der Waals surface area (Å²) in [5.74, 6) is -0.612. The maximum atomic E-state index is 13.3. The van der Waals surface area contributed by atoms with Crippen LogP contribution >= 0.6 is 0 Å². The highest BCUT2D eigenvalue weighted by atomic mass is 19.1. The molecule has 0 aliphatic carbocycles. The molecule has 1 heterocycles. The third-order valence-electron chi connectivity index (χ3n) is 4.72. The first kappa shape index (κ1) is 19.7. The van der Waals surface area contributed by atoms with E-state index in [0.717, 1.165) is 5.56 Å². The van der Waals surface area contributed by atoms with Gasteiger partial charge >= 0.3 is 0 Å². The van der Waals surface area contributed by atoms with Gasteiger partial charge in [0.2, 0.25) is 0 Å². The van der Waals surface area contributed by atoms with Gasteiger partial charge < -0.3 is 5.32 Å². The van der Waals surface area contributed by atoms with Crippen LogP contribution in [0.4, 0.5) is 4.39 Å². The fourth-order valence-corrected chi connectivity index (χ4v) is 3.24. The summed E-state index contributed by atoms with van der Waals surface area (Å²) >= 11 is 0. The number of nitrogens with one attached hydrogen (secondary N) is 1. The molecule has 1 unspecified atom stereocenters. The van der Waals surface area contributed by atoms with Gasteiger partial charge in [-0.15, -0.1) is 0 Å². The van der Waals surface area contributed by atoms with Crippen molar-refractivity contribution in [1.82, 2.24) is 15.1 Å². The molecule has 3 rings (SSSR count). The minimum Gasteiger partial charge on any atom is -0.344 e. The van der Waals surface area contributed by atoms with Gasteiger partial charge in [0, 0.05) is 5.39 Å². The van der Waals surface area contributed by atoms with Gasteiger partial charge in [0.05, 0.1) is 17.5 Å². The van der Waals surface area contributed by atoms with E-state index < -0.39 is 0 Å². The summed E-state index contributed by atoms with van der Waals surface area (Å²) in [4.78, 5) is 25.8. The zero-order valence-corrected chi connectivity index (χ0v) is 16.4. The second kappa shape index (κ2) is 7.92. The van der Waals surface area contributed by atoms with Crippen LogP contribution in [-0.4, -0.2) is 15.7 Å². The van der Waals surface area contributed by atoms with E-state index in [4.69, 9.17) is 0 Å². The van der Waals surface area contributed by atoms with Crippen LogP contribution in [0.1, 0.15) is 55.8 Å². The van der Waals surface area contributed by atoms with E-state index in [1.807, 2.05) is 27.7 Å². The molecule has 0 saturated heterocycles. The van der Waals surface area contributed by atoms with Crippen molar-refractivity contribution >= 4 is 16.7 Å². The highest BCUT2D eigenvalue weighted by Gasteiger charge is 2.23. The van der Waals surface area contributed by atoms with Crippen molar-refractivity contribution in [3.05, 3.63) is 76.0 Å². The second-order valence-corrected chi connectivity index (χ2v) is 7.48. The second-order valence-electron chi connectivity index (χ2n) is 7.48. The zero-order chi connectivity index (χ0) is 20.4. The molecule has 0 aliphatic rings. The van der Waals surface area contributed by atoms with Crippen LogP contribution in [0.2, 0.25) is 0 Å². The van der Waals surface area contributed by atoms with E-state index in [2.05, 4.69) is 10.4 Å². The lowest BCUT2D eigenvalue weighted by molar-refractivity contribution is 0.0919. The van der Waals surface area contributed by atoms with Crippen LogP contribution in [-0.2, 0) is 0 Å². The number of carbonyl (C=O) groups is 1. The number of benzene rings is 2. The van der Waals surface area contributed by atoms with E-state index >= 15 is 0 Å². The summed E-state index contributed by atoms with van der Waals surface area (Å²) in [6.07, 6.45) is 0. The first-order valence-corrected chi connectivity index (χ1v) is 9.37. The number of carbonyl (C=O) groups excluding carboxylic acids is 1. The van der Waals surface area contributed by atoms with E-state index in [9.17, 15) is 14.0 Å². The predicted octanol–water partition coefficient (Wildman–Crippen LogP) is 4.24. The van der Waals surface area contributed by atoms with Crippen LogP contribution in [0, 0.1) is 11.7 Å². The number of halogens is 1. The molecule has 2 aromatic carbocycles. The fourth-order valence-electron chi connectivity index (χ4n) is 3.24. The normalized spacial score (nSPS) is 12.5. The molecule has 0 aliphatic heterocycles. The maximum absolute atomic E-state index is 13.3. The van der Waals surface area contributed by atoms with Crippen LogP contribution in [0.3, 0.4) is 0 Å². The Kier molecular flexibility index (Phi) is 5.58. The molecule has 5 nitrogen and oxygen atoms in total. The topological polar surface area (TPSA) is 64.0 Å². The van der Waals surface area contributed by atoms with Crippen LogP contribution in [0.25, 0.3) is 10.8 Å². The van der Waals surface area contributed by atoms with Gasteiger partial charge in [-0.2, -0.15) is 5.10 Å². The summed E-state index contributed by atoms with van der Waals surface area (Å²) in [6.45, 7) is 7.66. The summed E-state index contributed by atoms with van der Waals surface area (Å²) in [5.41, 5.74) is 0.795. The third-order valence-corrected chi connectivity index (χ3v) is 4.72. The summed E-state index contributed by atoms with van der Waals surface area (Å²) in [7, 11) is 0. The average molecular weight is 381 g/mol. The van der Waals surface area contributed by atoms with Gasteiger partial charge in [0.15, 0.2) is 5.69 Å². The number of amides is 1. The minimum atomic E-state index is -0.367. The van der Waals surface area contributed by atoms with Gasteiger partial charge in [-0.1, -0.05) is 44.2 Å². The van der Waals surface area contributed by atoms with Gasteiger partial charge in [0.1, 0.15) is 5.82 Å². The van der Waals surface area contributed by atoms with Crippen molar-refractivity contribution in [2.45, 2.75) is 39.8 Å². The zero-order valence-electron chi connectivity index (χ0n) is 16.4. The standard InChI is InChI=1S/C22H24FN3O2/c1-13(2)19(15-9-11-16(23)12-10-15)24-21(27)20-17-7-5-6-8-18(17)22(28)26(25-20)14(3)4/h5-14,19H,1-4H3,(H,24,27). The largest absolute Gasteiger partial charge is 0.344 e. The highest BCUT2D eigenvalue weighted by Crippen LogP contribution is 2.23. The molecule has 0 fully saturated rings. The number of rotatable bonds is 5. The highest BCUT2D eigenvalue weighted by molar-refractivity contribution is 6.04. The molecule has 0 bridgehead atoms. The molecule has 6 heteroatoms. The molecular weight excluding hydrogens is 357 g/mol. The molecule has 1 amide bonds. The minimum absolute atomic E-state index is 0.0803. The Morgan fingerprint density at radius 3 is 2.18 bits per heavy atom. The SMILES string of the molecule is CC(C)C(NC(=O)c1nn(C(C)C)c(=O)c2ccccc12)c1ccc(F)cc1. The van der Waals surface area contributed by atoms with E-state index in [0.29, 0.717) is 10.8 Å². The monoisotopic (exact) mass is 381 g/mol. The van der Waals surface area contributed by atoms with Crippen LogP contribution < -0.4 is 10.9 Å². The molecule has 28 heavy (non-hydrogen) atoms. The molecule has 146 valence electrons. The average Bonchev–Trinajstić information content (AvgIpc) is 2.66. The van der Waals surface area contributed by atoms with Gasteiger partial charge in [0.25, 0.3) is 11.5 Å². The fraction of sp³-hybridized carbons (Fsp3) is 0.318. The lowest BCUT2D eigenvalue weighted by Crippen LogP contribution is -2.35. The van der Waals surface area contributed by atoms with Crippen LogP contribution in [0.5, 0.6) is 0 Å². The third kappa shape index (κ3) is 3.81. The first-order valence-electron chi connectivity index (χ1n) is 9.37. The number of aromatic nitrogens is 2.